The average molecular weight is 918 g/mol. The molecule has 0 aromatic carbocycles. The number of carbonyl (C=O) groups is 6. The van der Waals surface area contributed by atoms with Crippen LogP contribution in [0.25, 0.3) is 0 Å². The predicted octanol–water partition coefficient (Wildman–Crippen LogP) is 2.23. The van der Waals surface area contributed by atoms with Gasteiger partial charge in [0.05, 0.1) is 85.5 Å². The van der Waals surface area contributed by atoms with Crippen LogP contribution >= 0.6 is 0 Å². The molecule has 0 aliphatic heterocycles. The molecule has 0 aromatic rings. The van der Waals surface area contributed by atoms with Gasteiger partial charge in [-0.2, -0.15) is 0 Å². The van der Waals surface area contributed by atoms with Crippen molar-refractivity contribution in [1.29, 1.82) is 0 Å². The highest BCUT2D eigenvalue weighted by Crippen LogP contribution is 2.07. The zero-order valence-corrected chi connectivity index (χ0v) is 38.3. The van der Waals surface area contributed by atoms with E-state index in [1.807, 2.05) is 0 Å². The van der Waals surface area contributed by atoms with E-state index in [1.54, 1.807) is 46.4 Å². The Labute approximate surface area is 377 Å². The number of esters is 6. The Hall–Kier alpha value is -4.54. The fraction of sp³-hybridized carbons (Fsp3) is 0.682. The third-order valence-electron chi connectivity index (χ3n) is 8.04. The molecule has 20 nitrogen and oxygen atoms in total. The highest BCUT2D eigenvalue weighted by atomic mass is 16.6. The molecule has 0 saturated carbocycles. The summed E-state index contributed by atoms with van der Waals surface area (Å²) in [5, 5.41) is 9.59. The Kier molecular flexibility index (Phi) is 34.2. The van der Waals surface area contributed by atoms with E-state index >= 15 is 0 Å². The Morgan fingerprint density at radius 2 is 0.688 bits per heavy atom. The lowest BCUT2D eigenvalue weighted by atomic mass is 10.3. The van der Waals surface area contributed by atoms with E-state index in [4.69, 9.17) is 56.8 Å². The predicted molar refractivity (Wildman–Crippen MR) is 230 cm³/mol. The van der Waals surface area contributed by atoms with Crippen LogP contribution in [-0.2, 0) is 85.6 Å². The summed E-state index contributed by atoms with van der Waals surface area (Å²) in [4.78, 5) is 73.0. The maximum atomic E-state index is 12.7. The number of carbonyl (C=O) groups excluding carboxylic acids is 6. The first kappa shape index (κ1) is 59.5. The van der Waals surface area contributed by atoms with E-state index in [0.29, 0.717) is 0 Å². The van der Waals surface area contributed by atoms with Gasteiger partial charge in [-0.1, -0.05) is 26.3 Å². The standard InChI is InChI=1S/C44H71NO19/c1-11-39(47)59-31(5)21-53-27-37(57-25-35(9)61-41(49)13-3)29-55-23-33(7)63-43(51)15-17-45(19-20-46)18-16-44(52)64-34(8)24-56-30-38(58-26-36(10)62-42(50)14-4)28-54-22-32(6)60-40(48)12-2/h11-14,31-38,46H,1-4,15-30H2,5-10H3/t31-,32?,33?,34?,35?,36?,37?,38?/m1/s1. The van der Waals surface area contributed by atoms with Gasteiger partial charge in [-0.3, -0.25) is 14.5 Å². The van der Waals surface area contributed by atoms with Crippen LogP contribution in [0.5, 0.6) is 0 Å². The third-order valence-corrected chi connectivity index (χ3v) is 8.04. The second kappa shape index (κ2) is 36.8. The van der Waals surface area contributed by atoms with Crippen LogP contribution in [-0.4, -0.2) is 187 Å². The van der Waals surface area contributed by atoms with Gasteiger partial charge in [0.25, 0.3) is 0 Å². The van der Waals surface area contributed by atoms with Crippen molar-refractivity contribution in [2.24, 2.45) is 0 Å². The molecule has 0 radical (unpaired) electrons. The van der Waals surface area contributed by atoms with Crippen molar-refractivity contribution in [3.63, 3.8) is 0 Å². The van der Waals surface area contributed by atoms with Crippen molar-refractivity contribution in [2.75, 3.05) is 92.3 Å². The zero-order chi connectivity index (χ0) is 48.3. The molecule has 0 bridgehead atoms. The number of aliphatic hydroxyl groups is 1. The number of aliphatic hydroxyl groups excluding tert-OH is 1. The molecule has 0 heterocycles. The number of hydrogen-bond donors (Lipinski definition) is 1. The SMILES string of the molecule is C=CC(=O)OC(C)COCC(COCC(C)OC(=O)CCN(CCO)CCC(=O)OC(C)COCC(COC[C@@H](C)OC(=O)C=C)OCC(C)OC(=O)C=C)OCC(C)OC(=O)C=C. The molecule has 366 valence electrons. The van der Waals surface area contributed by atoms with Crippen molar-refractivity contribution in [1.82, 2.24) is 4.90 Å². The minimum Gasteiger partial charge on any atom is -0.460 e. The molecule has 0 aliphatic rings. The lowest BCUT2D eigenvalue weighted by Gasteiger charge is -2.23. The summed E-state index contributed by atoms with van der Waals surface area (Å²) in [5.41, 5.74) is 0. The summed E-state index contributed by atoms with van der Waals surface area (Å²) in [6, 6.07) is 0. The summed E-state index contributed by atoms with van der Waals surface area (Å²) in [6.07, 6.45) is -0.637. The topological polar surface area (TPSA) is 237 Å². The van der Waals surface area contributed by atoms with E-state index in [-0.39, 0.29) is 105 Å². The largest absolute Gasteiger partial charge is 0.460 e. The molecule has 0 spiro atoms. The molecule has 8 atom stereocenters. The lowest BCUT2D eigenvalue weighted by Crippen LogP contribution is -2.34. The number of hydrogen-bond acceptors (Lipinski definition) is 20. The minimum absolute atomic E-state index is 0.0240. The van der Waals surface area contributed by atoms with Gasteiger partial charge in [-0.15, -0.1) is 0 Å². The number of ether oxygens (including phenoxy) is 12. The lowest BCUT2D eigenvalue weighted by molar-refractivity contribution is -0.156. The molecule has 0 aliphatic carbocycles. The van der Waals surface area contributed by atoms with Crippen LogP contribution < -0.4 is 0 Å². The molecule has 0 amide bonds. The molecular formula is C44H71NO19. The van der Waals surface area contributed by atoms with E-state index in [9.17, 15) is 33.9 Å². The maximum Gasteiger partial charge on any atom is 0.330 e. The first-order valence-electron chi connectivity index (χ1n) is 21.0. The summed E-state index contributed by atoms with van der Waals surface area (Å²) in [7, 11) is 0. The molecule has 7 unspecified atom stereocenters. The van der Waals surface area contributed by atoms with Crippen LogP contribution in [0.15, 0.2) is 50.6 Å². The van der Waals surface area contributed by atoms with E-state index in [0.717, 1.165) is 24.3 Å². The van der Waals surface area contributed by atoms with Gasteiger partial charge in [-0.25, -0.2) is 19.2 Å². The highest BCUT2D eigenvalue weighted by molar-refractivity contribution is 5.82. The van der Waals surface area contributed by atoms with Crippen molar-refractivity contribution in [3.8, 4) is 0 Å². The third kappa shape index (κ3) is 33.0. The van der Waals surface area contributed by atoms with Gasteiger partial charge in [0, 0.05) is 43.9 Å². The Bertz CT molecular complexity index is 1310. The summed E-state index contributed by atoms with van der Waals surface area (Å²) in [5.74, 6) is -3.40. The number of rotatable bonds is 40. The molecule has 64 heavy (non-hydrogen) atoms. The van der Waals surface area contributed by atoms with Crippen molar-refractivity contribution >= 4 is 35.8 Å². The monoisotopic (exact) mass is 917 g/mol. The maximum absolute atomic E-state index is 12.7. The zero-order valence-electron chi connectivity index (χ0n) is 38.3. The normalized spacial score (nSPS) is 14.9. The summed E-state index contributed by atoms with van der Waals surface area (Å²) < 4.78 is 65.9. The quantitative estimate of drug-likeness (QED) is 0.0527. The van der Waals surface area contributed by atoms with Crippen molar-refractivity contribution in [2.45, 2.75) is 103 Å². The van der Waals surface area contributed by atoms with Gasteiger partial charge in [0.2, 0.25) is 0 Å². The second-order valence-corrected chi connectivity index (χ2v) is 14.5. The average Bonchev–Trinajstić information content (AvgIpc) is 3.24. The van der Waals surface area contributed by atoms with E-state index in [2.05, 4.69) is 26.3 Å². The molecule has 0 fully saturated rings. The molecule has 0 aromatic heterocycles. The summed E-state index contributed by atoms with van der Waals surface area (Å²) >= 11 is 0. The van der Waals surface area contributed by atoms with Crippen molar-refractivity contribution < 1.29 is 90.7 Å². The second-order valence-electron chi connectivity index (χ2n) is 14.5. The Morgan fingerprint density at radius 1 is 0.422 bits per heavy atom. The Morgan fingerprint density at radius 3 is 0.953 bits per heavy atom. The van der Waals surface area contributed by atoms with Crippen LogP contribution in [0, 0.1) is 0 Å². The van der Waals surface area contributed by atoms with Gasteiger partial charge < -0.3 is 61.9 Å². The molecule has 1 N–H and O–H groups in total. The first-order valence-corrected chi connectivity index (χ1v) is 21.0. The van der Waals surface area contributed by atoms with Crippen LogP contribution in [0.2, 0.25) is 0 Å². The van der Waals surface area contributed by atoms with Gasteiger partial charge >= 0.3 is 35.8 Å². The van der Waals surface area contributed by atoms with Gasteiger partial charge in [-0.05, 0) is 41.5 Å². The smallest absolute Gasteiger partial charge is 0.330 e. The number of nitrogens with zero attached hydrogens (tertiary/aromatic N) is 1. The molecule has 0 rings (SSSR count). The Balaban J connectivity index is 4.88. The van der Waals surface area contributed by atoms with Gasteiger partial charge in [0.15, 0.2) is 0 Å². The van der Waals surface area contributed by atoms with Crippen LogP contribution in [0.3, 0.4) is 0 Å². The van der Waals surface area contributed by atoms with Crippen molar-refractivity contribution in [3.05, 3.63) is 50.6 Å². The molecule has 20 heteroatoms. The van der Waals surface area contributed by atoms with E-state index in [1.165, 1.54) is 0 Å². The highest BCUT2D eigenvalue weighted by Gasteiger charge is 2.20. The van der Waals surface area contributed by atoms with Crippen LogP contribution in [0.4, 0.5) is 0 Å². The van der Waals surface area contributed by atoms with Crippen LogP contribution in [0.1, 0.15) is 54.4 Å². The fourth-order valence-corrected chi connectivity index (χ4v) is 5.03. The summed E-state index contributed by atoms with van der Waals surface area (Å²) in [6.45, 7) is 24.2. The minimum atomic E-state index is -0.637. The van der Waals surface area contributed by atoms with Gasteiger partial charge in [0.1, 0.15) is 48.8 Å². The molecular weight excluding hydrogens is 846 g/mol. The van der Waals surface area contributed by atoms with E-state index < -0.39 is 84.6 Å². The first-order chi connectivity index (χ1) is 30.4. The molecule has 0 saturated heterocycles. The fourth-order valence-electron chi connectivity index (χ4n) is 5.03.